The van der Waals surface area contributed by atoms with Crippen molar-refractivity contribution in [1.82, 2.24) is 4.90 Å². The Bertz CT molecular complexity index is 540. The van der Waals surface area contributed by atoms with E-state index in [-0.39, 0.29) is 4.90 Å². The van der Waals surface area contributed by atoms with Crippen molar-refractivity contribution in [2.75, 3.05) is 33.0 Å². The molecule has 1 aromatic rings. The standard InChI is InChI=1S/C13H20N2O4S/c1-15(9-3-8-14)13(16)10-20(17,18)12-6-4-11(19-2)5-7-12/h4-7H,3,8-10,14H2,1-2H3. The molecule has 0 heterocycles. The molecule has 0 atom stereocenters. The molecule has 112 valence electrons. The third-order valence-corrected chi connectivity index (χ3v) is 4.47. The summed E-state index contributed by atoms with van der Waals surface area (Å²) in [5.74, 6) is -0.412. The summed E-state index contributed by atoms with van der Waals surface area (Å²) in [5.41, 5.74) is 5.35. The lowest BCUT2D eigenvalue weighted by Gasteiger charge is -2.16. The summed E-state index contributed by atoms with van der Waals surface area (Å²) >= 11 is 0. The van der Waals surface area contributed by atoms with Crippen molar-refractivity contribution in [3.63, 3.8) is 0 Å². The van der Waals surface area contributed by atoms with Crippen molar-refractivity contribution in [3.05, 3.63) is 24.3 Å². The SMILES string of the molecule is COc1ccc(S(=O)(=O)CC(=O)N(C)CCCN)cc1. The average molecular weight is 300 g/mol. The first-order valence-corrected chi connectivity index (χ1v) is 7.87. The van der Waals surface area contributed by atoms with Crippen LogP contribution in [0.1, 0.15) is 6.42 Å². The monoisotopic (exact) mass is 300 g/mol. The van der Waals surface area contributed by atoms with E-state index in [4.69, 9.17) is 10.5 Å². The van der Waals surface area contributed by atoms with Crippen LogP contribution in [0.5, 0.6) is 5.75 Å². The van der Waals surface area contributed by atoms with E-state index in [1.807, 2.05) is 0 Å². The Morgan fingerprint density at radius 3 is 2.40 bits per heavy atom. The third kappa shape index (κ3) is 4.50. The number of carbonyl (C=O) groups excluding carboxylic acids is 1. The smallest absolute Gasteiger partial charge is 0.237 e. The quantitative estimate of drug-likeness (QED) is 0.781. The second-order valence-corrected chi connectivity index (χ2v) is 6.38. The van der Waals surface area contributed by atoms with Gasteiger partial charge in [-0.15, -0.1) is 0 Å². The van der Waals surface area contributed by atoms with E-state index in [9.17, 15) is 13.2 Å². The summed E-state index contributed by atoms with van der Waals surface area (Å²) in [6, 6.07) is 5.97. The molecule has 0 fully saturated rings. The minimum atomic E-state index is -3.63. The van der Waals surface area contributed by atoms with E-state index in [1.165, 1.54) is 24.1 Å². The van der Waals surface area contributed by atoms with Crippen LogP contribution in [-0.4, -0.2) is 52.2 Å². The number of nitrogens with zero attached hydrogens (tertiary/aromatic N) is 1. The summed E-state index contributed by atoms with van der Waals surface area (Å²) in [6.07, 6.45) is 0.644. The Morgan fingerprint density at radius 2 is 1.90 bits per heavy atom. The van der Waals surface area contributed by atoms with Crippen molar-refractivity contribution in [1.29, 1.82) is 0 Å². The predicted molar refractivity (Wildman–Crippen MR) is 76.4 cm³/mol. The zero-order chi connectivity index (χ0) is 15.2. The van der Waals surface area contributed by atoms with Crippen LogP contribution in [0, 0.1) is 0 Å². The van der Waals surface area contributed by atoms with Gasteiger partial charge in [0.15, 0.2) is 9.84 Å². The molecular formula is C13H20N2O4S. The fraction of sp³-hybridized carbons (Fsp3) is 0.462. The number of carbonyl (C=O) groups is 1. The van der Waals surface area contributed by atoms with Crippen LogP contribution in [0.25, 0.3) is 0 Å². The maximum atomic E-state index is 12.1. The summed E-state index contributed by atoms with van der Waals surface area (Å²) in [7, 11) is -0.562. The average Bonchev–Trinajstić information content (AvgIpc) is 2.44. The number of amides is 1. The normalized spacial score (nSPS) is 11.2. The molecule has 0 unspecified atom stereocenters. The predicted octanol–water partition coefficient (Wildman–Crippen LogP) is 0.276. The molecule has 1 rings (SSSR count). The van der Waals surface area contributed by atoms with E-state index >= 15 is 0 Å². The van der Waals surface area contributed by atoms with Crippen molar-refractivity contribution in [2.24, 2.45) is 5.73 Å². The Hall–Kier alpha value is -1.60. The number of sulfone groups is 1. The van der Waals surface area contributed by atoms with Gasteiger partial charge in [0, 0.05) is 13.6 Å². The van der Waals surface area contributed by atoms with E-state index in [0.29, 0.717) is 25.3 Å². The molecule has 6 nitrogen and oxygen atoms in total. The molecule has 0 aliphatic heterocycles. The fourth-order valence-corrected chi connectivity index (χ4v) is 2.86. The summed E-state index contributed by atoms with van der Waals surface area (Å²) in [4.78, 5) is 13.3. The molecule has 0 bridgehead atoms. The number of hydrogen-bond acceptors (Lipinski definition) is 5. The summed E-state index contributed by atoms with van der Waals surface area (Å²) in [5, 5.41) is 0. The Balaban J connectivity index is 2.75. The molecular weight excluding hydrogens is 280 g/mol. The first-order chi connectivity index (χ1) is 9.40. The van der Waals surface area contributed by atoms with E-state index in [2.05, 4.69) is 0 Å². The molecule has 0 radical (unpaired) electrons. The van der Waals surface area contributed by atoms with Gasteiger partial charge >= 0.3 is 0 Å². The second kappa shape index (κ2) is 7.25. The lowest BCUT2D eigenvalue weighted by Crippen LogP contribution is -2.34. The Morgan fingerprint density at radius 1 is 1.30 bits per heavy atom. The van der Waals surface area contributed by atoms with Gasteiger partial charge in [-0.2, -0.15) is 0 Å². The van der Waals surface area contributed by atoms with Crippen LogP contribution >= 0.6 is 0 Å². The minimum Gasteiger partial charge on any atom is -0.497 e. The Labute approximate surface area is 119 Å². The Kier molecular flexibility index (Phi) is 5.97. The maximum Gasteiger partial charge on any atom is 0.237 e. The van der Waals surface area contributed by atoms with Crippen LogP contribution in [0.2, 0.25) is 0 Å². The van der Waals surface area contributed by atoms with Crippen LogP contribution in [0.3, 0.4) is 0 Å². The molecule has 0 saturated heterocycles. The van der Waals surface area contributed by atoms with Gasteiger partial charge in [-0.05, 0) is 37.2 Å². The van der Waals surface area contributed by atoms with Gasteiger partial charge in [-0.3, -0.25) is 4.79 Å². The van der Waals surface area contributed by atoms with E-state index in [0.717, 1.165) is 0 Å². The zero-order valence-electron chi connectivity index (χ0n) is 11.7. The topological polar surface area (TPSA) is 89.7 Å². The highest BCUT2D eigenvalue weighted by molar-refractivity contribution is 7.92. The molecule has 0 aromatic heterocycles. The number of methoxy groups -OCH3 is 1. The minimum absolute atomic E-state index is 0.110. The van der Waals surface area contributed by atoms with Gasteiger partial charge in [0.2, 0.25) is 5.91 Å². The first-order valence-electron chi connectivity index (χ1n) is 6.21. The second-order valence-electron chi connectivity index (χ2n) is 4.39. The lowest BCUT2D eigenvalue weighted by atomic mass is 10.3. The molecule has 7 heteroatoms. The highest BCUT2D eigenvalue weighted by Gasteiger charge is 2.21. The van der Waals surface area contributed by atoms with Crippen LogP contribution in [0.4, 0.5) is 0 Å². The van der Waals surface area contributed by atoms with Gasteiger partial charge in [0.25, 0.3) is 0 Å². The largest absolute Gasteiger partial charge is 0.497 e. The van der Waals surface area contributed by atoms with E-state index < -0.39 is 21.5 Å². The van der Waals surface area contributed by atoms with Crippen LogP contribution in [-0.2, 0) is 14.6 Å². The van der Waals surface area contributed by atoms with E-state index in [1.54, 1.807) is 19.2 Å². The van der Waals surface area contributed by atoms with Crippen molar-refractivity contribution in [3.8, 4) is 5.75 Å². The van der Waals surface area contributed by atoms with Gasteiger partial charge in [-0.1, -0.05) is 0 Å². The van der Waals surface area contributed by atoms with Gasteiger partial charge in [0.1, 0.15) is 11.5 Å². The van der Waals surface area contributed by atoms with Gasteiger partial charge < -0.3 is 15.4 Å². The van der Waals surface area contributed by atoms with Gasteiger partial charge in [0.05, 0.1) is 12.0 Å². The van der Waals surface area contributed by atoms with Crippen molar-refractivity contribution < 1.29 is 17.9 Å². The van der Waals surface area contributed by atoms with Crippen LogP contribution in [0.15, 0.2) is 29.2 Å². The first kappa shape index (κ1) is 16.5. The highest BCUT2D eigenvalue weighted by atomic mass is 32.2. The molecule has 0 aliphatic rings. The molecule has 0 aliphatic carbocycles. The summed E-state index contributed by atoms with van der Waals surface area (Å²) in [6.45, 7) is 0.913. The molecule has 2 N–H and O–H groups in total. The molecule has 1 amide bonds. The molecule has 1 aromatic carbocycles. The van der Waals surface area contributed by atoms with Crippen molar-refractivity contribution in [2.45, 2.75) is 11.3 Å². The zero-order valence-corrected chi connectivity index (χ0v) is 12.5. The fourth-order valence-electron chi connectivity index (χ4n) is 1.59. The number of ether oxygens (including phenoxy) is 1. The van der Waals surface area contributed by atoms with Crippen molar-refractivity contribution >= 4 is 15.7 Å². The molecule has 20 heavy (non-hydrogen) atoms. The third-order valence-electron chi connectivity index (χ3n) is 2.86. The van der Waals surface area contributed by atoms with Crippen LogP contribution < -0.4 is 10.5 Å². The number of nitrogens with two attached hydrogens (primary N) is 1. The molecule has 0 saturated carbocycles. The highest BCUT2D eigenvalue weighted by Crippen LogP contribution is 2.17. The maximum absolute atomic E-state index is 12.1. The molecule has 0 spiro atoms. The lowest BCUT2D eigenvalue weighted by molar-refractivity contribution is -0.127. The number of benzene rings is 1. The number of rotatable bonds is 7. The summed E-state index contributed by atoms with van der Waals surface area (Å²) < 4.78 is 29.2. The van der Waals surface area contributed by atoms with Gasteiger partial charge in [-0.25, -0.2) is 8.42 Å². The number of hydrogen-bond donors (Lipinski definition) is 1.